The molecule has 0 unspecified atom stereocenters. The van der Waals surface area contributed by atoms with Crippen molar-refractivity contribution in [3.63, 3.8) is 0 Å². The molecule has 4 heteroatoms. The van der Waals surface area contributed by atoms with Crippen LogP contribution in [0.3, 0.4) is 0 Å². The van der Waals surface area contributed by atoms with E-state index in [-0.39, 0.29) is 5.75 Å². The van der Waals surface area contributed by atoms with Crippen LogP contribution in [-0.4, -0.2) is 15.1 Å². The van der Waals surface area contributed by atoms with Gasteiger partial charge in [0.1, 0.15) is 11.5 Å². The van der Waals surface area contributed by atoms with E-state index in [9.17, 15) is 5.11 Å². The van der Waals surface area contributed by atoms with Crippen molar-refractivity contribution in [1.82, 2.24) is 9.97 Å². The van der Waals surface area contributed by atoms with Gasteiger partial charge >= 0.3 is 0 Å². The van der Waals surface area contributed by atoms with Gasteiger partial charge in [0.05, 0.1) is 5.69 Å². The van der Waals surface area contributed by atoms with E-state index in [2.05, 4.69) is 9.97 Å². The smallest absolute Gasteiger partial charge is 0.174 e. The zero-order chi connectivity index (χ0) is 16.5. The maximum Gasteiger partial charge on any atom is 0.174 e. The first-order valence-electron chi connectivity index (χ1n) is 7.72. The third-order valence-corrected chi connectivity index (χ3v) is 3.92. The lowest BCUT2D eigenvalue weighted by atomic mass is 10.1. The van der Waals surface area contributed by atoms with E-state index in [1.54, 1.807) is 12.1 Å². The Kier molecular flexibility index (Phi) is 3.43. The highest BCUT2D eigenvalue weighted by Gasteiger charge is 2.14. The van der Waals surface area contributed by atoms with Crippen LogP contribution in [0.1, 0.15) is 5.69 Å². The van der Waals surface area contributed by atoms with Crippen LogP contribution in [0.4, 0.5) is 0 Å². The molecular formula is C20H16N2O2. The van der Waals surface area contributed by atoms with Crippen LogP contribution in [0, 0.1) is 6.92 Å². The lowest BCUT2D eigenvalue weighted by molar-refractivity contribution is 0.475. The minimum Gasteiger partial charge on any atom is -0.508 e. The summed E-state index contributed by atoms with van der Waals surface area (Å²) in [6, 6.07) is 20.8. The molecule has 0 spiro atoms. The minimum absolute atomic E-state index is 0.236. The zero-order valence-corrected chi connectivity index (χ0v) is 13.2. The van der Waals surface area contributed by atoms with E-state index in [0.29, 0.717) is 11.6 Å². The third-order valence-electron chi connectivity index (χ3n) is 3.92. The number of rotatable bonds is 3. The largest absolute Gasteiger partial charge is 0.508 e. The van der Waals surface area contributed by atoms with Crippen molar-refractivity contribution in [2.45, 2.75) is 6.92 Å². The maximum absolute atomic E-state index is 9.38. The predicted molar refractivity (Wildman–Crippen MR) is 93.6 cm³/mol. The Labute approximate surface area is 139 Å². The van der Waals surface area contributed by atoms with E-state index in [1.807, 2.05) is 61.5 Å². The van der Waals surface area contributed by atoms with Gasteiger partial charge < -0.3 is 14.5 Å². The highest BCUT2D eigenvalue weighted by Crippen LogP contribution is 2.30. The quantitative estimate of drug-likeness (QED) is 0.558. The van der Waals surface area contributed by atoms with Gasteiger partial charge in [0.15, 0.2) is 11.6 Å². The molecule has 4 rings (SSSR count). The number of phenolic OH excluding ortho intramolecular Hbond substituents is 1. The number of aromatic amines is 1. The van der Waals surface area contributed by atoms with Crippen LogP contribution in [-0.2, 0) is 0 Å². The molecule has 0 aliphatic carbocycles. The normalized spacial score (nSPS) is 10.9. The number of aromatic nitrogens is 2. The molecule has 4 aromatic rings. The average molecular weight is 316 g/mol. The first kappa shape index (κ1) is 14.3. The molecule has 0 saturated heterocycles. The number of phenols is 1. The average Bonchev–Trinajstić information content (AvgIpc) is 3.23. The highest BCUT2D eigenvalue weighted by atomic mass is 16.3. The summed E-state index contributed by atoms with van der Waals surface area (Å²) in [4.78, 5) is 7.97. The molecule has 4 nitrogen and oxygen atoms in total. The summed E-state index contributed by atoms with van der Waals surface area (Å²) < 4.78 is 5.92. The van der Waals surface area contributed by atoms with Crippen molar-refractivity contribution in [2.75, 3.05) is 0 Å². The fourth-order valence-electron chi connectivity index (χ4n) is 2.70. The molecule has 2 aromatic carbocycles. The number of H-pyrrole nitrogens is 1. The number of imidazole rings is 1. The molecule has 24 heavy (non-hydrogen) atoms. The van der Waals surface area contributed by atoms with Crippen molar-refractivity contribution in [3.8, 4) is 39.9 Å². The Morgan fingerprint density at radius 3 is 2.29 bits per heavy atom. The Bertz CT molecular complexity index is 967. The molecule has 0 fully saturated rings. The molecule has 2 aromatic heterocycles. The summed E-state index contributed by atoms with van der Waals surface area (Å²) >= 11 is 0. The van der Waals surface area contributed by atoms with Crippen molar-refractivity contribution in [3.05, 3.63) is 72.4 Å². The summed E-state index contributed by atoms with van der Waals surface area (Å²) in [5.41, 5.74) is 3.90. The van der Waals surface area contributed by atoms with Gasteiger partial charge in [-0.15, -0.1) is 0 Å². The summed E-state index contributed by atoms with van der Waals surface area (Å²) in [5, 5.41) is 9.38. The number of aromatic hydroxyl groups is 1. The Hall–Kier alpha value is -3.27. The maximum atomic E-state index is 9.38. The topological polar surface area (TPSA) is 62.0 Å². The number of furan rings is 1. The highest BCUT2D eigenvalue weighted by molar-refractivity contribution is 5.67. The van der Waals surface area contributed by atoms with Gasteiger partial charge in [-0.3, -0.25) is 0 Å². The van der Waals surface area contributed by atoms with Gasteiger partial charge in [0.2, 0.25) is 0 Å². The second kappa shape index (κ2) is 5.74. The molecule has 0 aliphatic rings. The molecule has 0 radical (unpaired) electrons. The van der Waals surface area contributed by atoms with E-state index < -0.39 is 0 Å². The molecule has 0 amide bonds. The van der Waals surface area contributed by atoms with Crippen LogP contribution in [0.25, 0.3) is 34.2 Å². The molecule has 0 aliphatic heterocycles. The van der Waals surface area contributed by atoms with Gasteiger partial charge in [0, 0.05) is 16.8 Å². The monoisotopic (exact) mass is 316 g/mol. The molecule has 0 atom stereocenters. The van der Waals surface area contributed by atoms with Crippen LogP contribution in [0.5, 0.6) is 5.75 Å². The summed E-state index contributed by atoms with van der Waals surface area (Å²) in [7, 11) is 0. The van der Waals surface area contributed by atoms with Gasteiger partial charge in [-0.25, -0.2) is 4.98 Å². The Morgan fingerprint density at radius 1 is 0.833 bits per heavy atom. The van der Waals surface area contributed by atoms with E-state index in [4.69, 9.17) is 4.42 Å². The number of nitrogens with one attached hydrogen (secondary N) is 1. The second-order valence-corrected chi connectivity index (χ2v) is 5.64. The van der Waals surface area contributed by atoms with E-state index in [1.165, 1.54) is 0 Å². The first-order chi connectivity index (χ1) is 11.7. The van der Waals surface area contributed by atoms with Gasteiger partial charge in [-0.05, 0) is 43.3 Å². The third kappa shape index (κ3) is 2.58. The van der Waals surface area contributed by atoms with Crippen LogP contribution < -0.4 is 0 Å². The molecule has 0 saturated carbocycles. The predicted octanol–water partition coefficient (Wildman–Crippen LogP) is 5.02. The molecule has 2 N–H and O–H groups in total. The van der Waals surface area contributed by atoms with Gasteiger partial charge in [0.25, 0.3) is 0 Å². The standard InChI is InChI=1S/C20H16N2O2/c1-13-19(15-5-3-2-4-6-15)22-20(21-13)18-12-11-17(24-18)14-7-9-16(23)10-8-14/h2-12,23H,1H3,(H,21,22). The first-order valence-corrected chi connectivity index (χ1v) is 7.72. The fraction of sp³-hybridized carbons (Fsp3) is 0.0500. The second-order valence-electron chi connectivity index (χ2n) is 5.64. The number of hydrogen-bond acceptors (Lipinski definition) is 3. The van der Waals surface area contributed by atoms with Crippen LogP contribution in [0.15, 0.2) is 71.1 Å². The van der Waals surface area contributed by atoms with Crippen molar-refractivity contribution in [1.29, 1.82) is 0 Å². The van der Waals surface area contributed by atoms with Gasteiger partial charge in [-0.1, -0.05) is 30.3 Å². The lowest BCUT2D eigenvalue weighted by Gasteiger charge is -1.97. The minimum atomic E-state index is 0.236. The molecular weight excluding hydrogens is 300 g/mol. The number of nitrogens with zero attached hydrogens (tertiary/aromatic N) is 1. The number of aryl methyl sites for hydroxylation is 1. The zero-order valence-electron chi connectivity index (χ0n) is 13.2. The number of benzene rings is 2. The van der Waals surface area contributed by atoms with Crippen molar-refractivity contribution >= 4 is 0 Å². The van der Waals surface area contributed by atoms with Crippen LogP contribution >= 0.6 is 0 Å². The summed E-state index contributed by atoms with van der Waals surface area (Å²) in [6.07, 6.45) is 0. The van der Waals surface area contributed by atoms with Crippen molar-refractivity contribution < 1.29 is 9.52 Å². The Balaban J connectivity index is 1.69. The number of hydrogen-bond donors (Lipinski definition) is 2. The lowest BCUT2D eigenvalue weighted by Crippen LogP contribution is -1.79. The molecule has 2 heterocycles. The van der Waals surface area contributed by atoms with E-state index >= 15 is 0 Å². The van der Waals surface area contributed by atoms with E-state index in [0.717, 1.165) is 28.3 Å². The van der Waals surface area contributed by atoms with Crippen LogP contribution in [0.2, 0.25) is 0 Å². The Morgan fingerprint density at radius 2 is 1.54 bits per heavy atom. The van der Waals surface area contributed by atoms with Crippen molar-refractivity contribution in [2.24, 2.45) is 0 Å². The summed E-state index contributed by atoms with van der Waals surface area (Å²) in [5.74, 6) is 2.36. The molecule has 0 bridgehead atoms. The molecule has 118 valence electrons. The van der Waals surface area contributed by atoms with Gasteiger partial charge in [-0.2, -0.15) is 0 Å². The SMILES string of the molecule is Cc1[nH]c(-c2ccc(-c3ccc(O)cc3)o2)nc1-c1ccccc1. The fourth-order valence-corrected chi connectivity index (χ4v) is 2.70. The summed E-state index contributed by atoms with van der Waals surface area (Å²) in [6.45, 7) is 2.00.